The second-order valence-electron chi connectivity index (χ2n) is 11.1. The number of pyridine rings is 1. The Balaban J connectivity index is 1.42. The highest BCUT2D eigenvalue weighted by Crippen LogP contribution is 2.47. The second kappa shape index (κ2) is 11.9. The van der Waals surface area contributed by atoms with Gasteiger partial charge in [0.1, 0.15) is 23.1 Å². The number of nitrogens with zero attached hydrogens (tertiary/aromatic N) is 4. The average Bonchev–Trinajstić information content (AvgIpc) is 2.97. The van der Waals surface area contributed by atoms with Crippen molar-refractivity contribution in [2.24, 2.45) is 5.41 Å². The zero-order chi connectivity index (χ0) is 29.4. The third-order valence-electron chi connectivity index (χ3n) is 8.34. The highest BCUT2D eigenvalue weighted by atomic mass is 35.5. The number of nitrogens with one attached hydrogen (secondary N) is 2. The Kier molecular flexibility index (Phi) is 8.19. The van der Waals surface area contributed by atoms with Gasteiger partial charge < -0.3 is 34.5 Å². The van der Waals surface area contributed by atoms with E-state index in [4.69, 9.17) is 52.1 Å². The molecule has 5 heterocycles. The molecule has 3 aliphatic rings. The van der Waals surface area contributed by atoms with E-state index in [-0.39, 0.29) is 23.4 Å². The predicted molar refractivity (Wildman–Crippen MR) is 161 cm³/mol. The van der Waals surface area contributed by atoms with Crippen LogP contribution in [0.4, 0.5) is 11.6 Å². The van der Waals surface area contributed by atoms with Gasteiger partial charge in [-0.1, -0.05) is 23.2 Å². The number of hydrogen-bond donors (Lipinski definition) is 2. The predicted octanol–water partition coefficient (Wildman–Crippen LogP) is 4.34. The summed E-state index contributed by atoms with van der Waals surface area (Å²) in [5.41, 5.74) is 1.28. The van der Waals surface area contributed by atoms with Gasteiger partial charge in [-0.25, -0.2) is 15.0 Å². The van der Waals surface area contributed by atoms with Gasteiger partial charge in [0, 0.05) is 56.7 Å². The van der Waals surface area contributed by atoms with Crippen LogP contribution in [0.5, 0.6) is 11.5 Å². The maximum atomic E-state index is 11.8. The number of anilines is 2. The van der Waals surface area contributed by atoms with Crippen molar-refractivity contribution in [1.82, 2.24) is 20.3 Å². The minimum absolute atomic E-state index is 0.0667. The molecule has 2 aromatic heterocycles. The Hall–Kier alpha value is -3.12. The number of methoxy groups -OCH3 is 2. The maximum absolute atomic E-state index is 11.8. The van der Waals surface area contributed by atoms with Crippen LogP contribution < -0.4 is 25.0 Å². The quantitative estimate of drug-likeness (QED) is 0.396. The lowest BCUT2D eigenvalue weighted by molar-refractivity contribution is -0.120. The fraction of sp³-hybridized carbons (Fsp3) is 0.517. The number of hydrogen-bond acceptors (Lipinski definition) is 10. The van der Waals surface area contributed by atoms with Crippen LogP contribution in [0.2, 0.25) is 10.0 Å². The molecule has 3 fully saturated rings. The Bertz CT molecular complexity index is 1470. The first-order valence-electron chi connectivity index (χ1n) is 14.0. The fourth-order valence-corrected chi connectivity index (χ4v) is 6.74. The van der Waals surface area contributed by atoms with Crippen LogP contribution in [0.1, 0.15) is 26.2 Å². The highest BCUT2D eigenvalue weighted by molar-refractivity contribution is 6.41. The van der Waals surface area contributed by atoms with E-state index in [2.05, 4.69) is 20.5 Å². The third-order valence-corrected chi connectivity index (χ3v) is 9.09. The number of aromatic nitrogens is 3. The Morgan fingerprint density at radius 1 is 1.02 bits per heavy atom. The summed E-state index contributed by atoms with van der Waals surface area (Å²) in [6, 6.07) is 3.40. The monoisotopic (exact) mass is 616 g/mol. The second-order valence-corrected chi connectivity index (χ2v) is 11.9. The van der Waals surface area contributed by atoms with Crippen molar-refractivity contribution in [3.63, 3.8) is 0 Å². The molecule has 0 saturated carbocycles. The first-order valence-corrected chi connectivity index (χ1v) is 14.8. The molecule has 0 unspecified atom stereocenters. The van der Waals surface area contributed by atoms with Gasteiger partial charge in [-0.3, -0.25) is 4.79 Å². The number of amides is 1. The normalized spacial score (nSPS) is 21.6. The molecular formula is C29H34Cl2N6O5. The molecule has 224 valence electrons. The van der Waals surface area contributed by atoms with Crippen molar-refractivity contribution in [1.29, 1.82) is 0 Å². The summed E-state index contributed by atoms with van der Waals surface area (Å²) in [6.45, 7) is 5.84. The molecular weight excluding hydrogens is 583 g/mol. The molecule has 0 radical (unpaired) electrons. The van der Waals surface area contributed by atoms with Crippen molar-refractivity contribution in [3.8, 4) is 22.9 Å². The van der Waals surface area contributed by atoms with Gasteiger partial charge in [-0.2, -0.15) is 0 Å². The summed E-state index contributed by atoms with van der Waals surface area (Å²) >= 11 is 13.5. The molecule has 3 aromatic rings. The Labute approximate surface area is 254 Å². The lowest BCUT2D eigenvalue weighted by Crippen LogP contribution is -2.59. The number of halogens is 2. The number of rotatable bonds is 7. The van der Waals surface area contributed by atoms with Crippen LogP contribution in [0, 0.1) is 5.41 Å². The first kappa shape index (κ1) is 29.0. The fourth-order valence-electron chi connectivity index (χ4n) is 6.07. The van der Waals surface area contributed by atoms with Crippen LogP contribution >= 0.6 is 23.2 Å². The van der Waals surface area contributed by atoms with Gasteiger partial charge >= 0.3 is 0 Å². The SMILES string of the molecule is COc1cc(OC)c(Cl)c(-c2nc(N3CC4(CCOCC4)C3)c3cc(N[C@@H]4COCC[C@@H]4NC(C)=O)ncc3n2)c1Cl. The highest BCUT2D eigenvalue weighted by Gasteiger charge is 2.45. The molecule has 42 heavy (non-hydrogen) atoms. The number of fused-ring (bicyclic) bond motifs is 1. The van der Waals surface area contributed by atoms with E-state index in [0.29, 0.717) is 63.9 Å². The van der Waals surface area contributed by atoms with Crippen molar-refractivity contribution in [2.45, 2.75) is 38.3 Å². The van der Waals surface area contributed by atoms with Gasteiger partial charge in [-0.05, 0) is 25.3 Å². The van der Waals surface area contributed by atoms with Crippen LogP contribution in [0.3, 0.4) is 0 Å². The number of benzene rings is 1. The van der Waals surface area contributed by atoms with Gasteiger partial charge in [0.2, 0.25) is 5.91 Å². The lowest BCUT2D eigenvalue weighted by atomic mass is 9.73. The molecule has 6 rings (SSSR count). The molecule has 1 spiro atoms. The largest absolute Gasteiger partial charge is 0.495 e. The minimum Gasteiger partial charge on any atom is -0.495 e. The van der Waals surface area contributed by atoms with E-state index in [1.54, 1.807) is 12.3 Å². The zero-order valence-electron chi connectivity index (χ0n) is 23.8. The van der Waals surface area contributed by atoms with Gasteiger partial charge in [0.25, 0.3) is 0 Å². The van der Waals surface area contributed by atoms with Crippen LogP contribution in [-0.4, -0.2) is 86.7 Å². The molecule has 3 aliphatic heterocycles. The van der Waals surface area contributed by atoms with Crippen molar-refractivity contribution >= 4 is 51.6 Å². The van der Waals surface area contributed by atoms with Gasteiger partial charge in [0.15, 0.2) is 5.82 Å². The maximum Gasteiger partial charge on any atom is 0.217 e. The van der Waals surface area contributed by atoms with E-state index in [9.17, 15) is 4.79 Å². The zero-order valence-corrected chi connectivity index (χ0v) is 25.3. The van der Waals surface area contributed by atoms with Gasteiger partial charge in [0.05, 0.1) is 60.2 Å². The first-order chi connectivity index (χ1) is 20.3. The summed E-state index contributed by atoms with van der Waals surface area (Å²) in [5, 5.41) is 7.93. The lowest BCUT2D eigenvalue weighted by Gasteiger charge is -2.53. The van der Waals surface area contributed by atoms with Crippen molar-refractivity contribution < 1.29 is 23.7 Å². The summed E-state index contributed by atoms with van der Waals surface area (Å²) < 4.78 is 22.3. The Morgan fingerprint density at radius 2 is 1.74 bits per heavy atom. The molecule has 11 nitrogen and oxygen atoms in total. The number of ether oxygens (including phenoxy) is 4. The van der Waals surface area contributed by atoms with Crippen molar-refractivity contribution in [2.75, 3.05) is 64.0 Å². The standard InChI is InChI=1S/C29H34Cl2N6O5/c1-16(38)33-18-4-7-42-13-20(18)34-23-10-17-19(12-32-23)35-27(24-25(30)21(39-2)11-22(40-3)26(24)31)36-28(17)37-14-29(15-37)5-8-41-9-6-29/h10-12,18,20H,4-9,13-15H2,1-3H3,(H,32,34)(H,33,38)/t18-,20+/m0/s1. The summed E-state index contributed by atoms with van der Waals surface area (Å²) in [7, 11) is 3.06. The van der Waals surface area contributed by atoms with E-state index in [0.717, 1.165) is 50.3 Å². The molecule has 0 bridgehead atoms. The van der Waals surface area contributed by atoms with E-state index in [1.807, 2.05) is 6.07 Å². The summed E-state index contributed by atoms with van der Waals surface area (Å²) in [4.78, 5) is 28.6. The van der Waals surface area contributed by atoms with E-state index < -0.39 is 0 Å². The molecule has 2 atom stereocenters. The van der Waals surface area contributed by atoms with Gasteiger partial charge in [-0.15, -0.1) is 0 Å². The topological polar surface area (TPSA) is 120 Å². The molecule has 2 N–H and O–H groups in total. The third kappa shape index (κ3) is 5.50. The van der Waals surface area contributed by atoms with Crippen LogP contribution in [0.15, 0.2) is 18.3 Å². The molecule has 1 amide bonds. The van der Waals surface area contributed by atoms with Crippen molar-refractivity contribution in [3.05, 3.63) is 28.4 Å². The minimum atomic E-state index is -0.132. The molecule has 0 aliphatic carbocycles. The molecule has 13 heteroatoms. The van der Waals surface area contributed by atoms with E-state index >= 15 is 0 Å². The summed E-state index contributed by atoms with van der Waals surface area (Å²) in [5.74, 6) is 2.51. The summed E-state index contributed by atoms with van der Waals surface area (Å²) in [6.07, 6.45) is 4.47. The van der Waals surface area contributed by atoms with Crippen LogP contribution in [-0.2, 0) is 14.3 Å². The average molecular weight is 618 g/mol. The number of carbonyl (C=O) groups is 1. The number of carbonyl (C=O) groups excluding carboxylic acids is 1. The molecule has 3 saturated heterocycles. The smallest absolute Gasteiger partial charge is 0.217 e. The van der Waals surface area contributed by atoms with Crippen LogP contribution in [0.25, 0.3) is 22.3 Å². The Morgan fingerprint density at radius 3 is 2.40 bits per heavy atom. The molecule has 1 aromatic carbocycles. The van der Waals surface area contributed by atoms with E-state index in [1.165, 1.54) is 21.1 Å².